The van der Waals surface area contributed by atoms with Gasteiger partial charge in [0.05, 0.1) is 11.9 Å². The molecule has 0 saturated heterocycles. The molecular weight excluding hydrogens is 310 g/mol. The van der Waals surface area contributed by atoms with Crippen molar-refractivity contribution in [2.75, 3.05) is 16.9 Å². The molecule has 0 unspecified atom stereocenters. The summed E-state index contributed by atoms with van der Waals surface area (Å²) in [5.41, 5.74) is 2.14. The second-order valence-corrected chi connectivity index (χ2v) is 5.42. The summed E-state index contributed by atoms with van der Waals surface area (Å²) in [5.74, 6) is 0.859. The van der Waals surface area contributed by atoms with E-state index in [-0.39, 0.29) is 0 Å². The molecule has 0 aliphatic rings. The van der Waals surface area contributed by atoms with Gasteiger partial charge >= 0.3 is 6.03 Å². The fraction of sp³-hybridized carbons (Fsp3) is 0.286. The lowest BCUT2D eigenvalue weighted by Gasteiger charge is -2.07. The van der Waals surface area contributed by atoms with Gasteiger partial charge in [-0.05, 0) is 24.0 Å². The Hall–Kier alpha value is -2.09. The second-order valence-electron chi connectivity index (χ2n) is 4.55. The first-order chi connectivity index (χ1) is 10.6. The number of alkyl halides is 2. The van der Waals surface area contributed by atoms with Crippen LogP contribution in [0.25, 0.3) is 0 Å². The van der Waals surface area contributed by atoms with Crippen molar-refractivity contribution in [3.05, 3.63) is 42.2 Å². The third-order valence-corrected chi connectivity index (χ3v) is 3.33. The first-order valence-electron chi connectivity index (χ1n) is 6.53. The summed E-state index contributed by atoms with van der Waals surface area (Å²) in [4.78, 5) is 11.9. The molecule has 118 valence electrons. The Morgan fingerprint density at radius 1 is 1.36 bits per heavy atom. The van der Waals surface area contributed by atoms with Crippen LogP contribution in [0.1, 0.15) is 5.56 Å². The highest BCUT2D eigenvalue weighted by Crippen LogP contribution is 2.15. The maximum absolute atomic E-state index is 12.2. The van der Waals surface area contributed by atoms with Gasteiger partial charge in [-0.1, -0.05) is 12.1 Å². The van der Waals surface area contributed by atoms with E-state index in [0.29, 0.717) is 11.4 Å². The van der Waals surface area contributed by atoms with E-state index >= 15 is 0 Å². The van der Waals surface area contributed by atoms with Crippen molar-refractivity contribution >= 4 is 29.2 Å². The summed E-state index contributed by atoms with van der Waals surface area (Å²) in [6.07, 6.45) is 2.20. The molecule has 0 fully saturated rings. The minimum absolute atomic E-state index is 0.360. The SMILES string of the molecule is CSCc1cccc(NC(=O)Nc2cnn(CC(F)F)c2)c1. The molecule has 8 heteroatoms. The van der Waals surface area contributed by atoms with Crippen LogP contribution in [0.5, 0.6) is 0 Å². The second kappa shape index (κ2) is 7.79. The average Bonchev–Trinajstić information content (AvgIpc) is 2.85. The van der Waals surface area contributed by atoms with Crippen LogP contribution in [0.4, 0.5) is 25.0 Å². The molecular formula is C14H16F2N4OS. The molecule has 1 aromatic carbocycles. The molecule has 1 aromatic heterocycles. The molecule has 0 saturated carbocycles. The summed E-state index contributed by atoms with van der Waals surface area (Å²) in [6.45, 7) is -0.500. The first kappa shape index (κ1) is 16.3. The smallest absolute Gasteiger partial charge is 0.308 e. The van der Waals surface area contributed by atoms with E-state index in [9.17, 15) is 13.6 Å². The Bertz CT molecular complexity index is 633. The lowest BCUT2D eigenvalue weighted by Crippen LogP contribution is -2.19. The number of amides is 2. The number of halogens is 2. The Morgan fingerprint density at radius 3 is 2.86 bits per heavy atom. The highest BCUT2D eigenvalue weighted by molar-refractivity contribution is 7.97. The van der Waals surface area contributed by atoms with Gasteiger partial charge in [0.25, 0.3) is 6.43 Å². The Balaban J connectivity index is 1.92. The van der Waals surface area contributed by atoms with Crippen molar-refractivity contribution in [2.24, 2.45) is 0 Å². The largest absolute Gasteiger partial charge is 0.323 e. The van der Waals surface area contributed by atoms with Gasteiger partial charge in [0.15, 0.2) is 0 Å². The van der Waals surface area contributed by atoms with Gasteiger partial charge in [-0.2, -0.15) is 16.9 Å². The number of aromatic nitrogens is 2. The molecule has 0 bridgehead atoms. The molecule has 22 heavy (non-hydrogen) atoms. The van der Waals surface area contributed by atoms with Crippen molar-refractivity contribution in [1.82, 2.24) is 9.78 Å². The van der Waals surface area contributed by atoms with Crippen molar-refractivity contribution in [1.29, 1.82) is 0 Å². The third-order valence-electron chi connectivity index (χ3n) is 2.71. The Kier molecular flexibility index (Phi) is 5.76. The van der Waals surface area contributed by atoms with Crippen molar-refractivity contribution in [3.63, 3.8) is 0 Å². The molecule has 0 radical (unpaired) electrons. The van der Waals surface area contributed by atoms with Gasteiger partial charge < -0.3 is 10.6 Å². The normalized spacial score (nSPS) is 10.7. The number of nitrogens with zero attached hydrogens (tertiary/aromatic N) is 2. The molecule has 0 aliphatic heterocycles. The van der Waals surface area contributed by atoms with E-state index in [4.69, 9.17) is 0 Å². The third kappa shape index (κ3) is 5.03. The number of urea groups is 1. The molecule has 5 nitrogen and oxygen atoms in total. The first-order valence-corrected chi connectivity index (χ1v) is 7.92. The maximum atomic E-state index is 12.2. The quantitative estimate of drug-likeness (QED) is 0.852. The average molecular weight is 326 g/mol. The van der Waals surface area contributed by atoms with Crippen LogP contribution in [0.3, 0.4) is 0 Å². The lowest BCUT2D eigenvalue weighted by molar-refractivity contribution is 0.122. The number of carbonyl (C=O) groups excluding carboxylic acids is 1. The number of rotatable bonds is 6. The summed E-state index contributed by atoms with van der Waals surface area (Å²) in [6, 6.07) is 7.06. The maximum Gasteiger partial charge on any atom is 0.323 e. The number of nitrogens with one attached hydrogen (secondary N) is 2. The molecule has 0 spiro atoms. The molecule has 1 heterocycles. The zero-order valence-corrected chi connectivity index (χ0v) is 12.7. The van der Waals surface area contributed by atoms with E-state index < -0.39 is 19.0 Å². The van der Waals surface area contributed by atoms with Gasteiger partial charge in [-0.3, -0.25) is 4.68 Å². The Labute approximate surface area is 131 Å². The highest BCUT2D eigenvalue weighted by atomic mass is 32.2. The summed E-state index contributed by atoms with van der Waals surface area (Å²) in [5, 5.41) is 8.99. The van der Waals surface area contributed by atoms with Crippen LogP contribution in [0, 0.1) is 0 Å². The molecule has 2 amide bonds. The van der Waals surface area contributed by atoms with E-state index in [1.54, 1.807) is 17.8 Å². The van der Waals surface area contributed by atoms with Gasteiger partial charge in [0.1, 0.15) is 6.54 Å². The van der Waals surface area contributed by atoms with Crippen molar-refractivity contribution < 1.29 is 13.6 Å². The number of hydrogen-bond donors (Lipinski definition) is 2. The van der Waals surface area contributed by atoms with Crippen LogP contribution in [0.15, 0.2) is 36.7 Å². The minimum atomic E-state index is -2.49. The lowest BCUT2D eigenvalue weighted by atomic mass is 10.2. The number of anilines is 2. The monoisotopic (exact) mass is 326 g/mol. The zero-order valence-electron chi connectivity index (χ0n) is 11.9. The molecule has 0 atom stereocenters. The minimum Gasteiger partial charge on any atom is -0.308 e. The van der Waals surface area contributed by atoms with Crippen LogP contribution in [0.2, 0.25) is 0 Å². The molecule has 2 N–H and O–H groups in total. The topological polar surface area (TPSA) is 59.0 Å². The van der Waals surface area contributed by atoms with Gasteiger partial charge in [-0.25, -0.2) is 13.6 Å². The highest BCUT2D eigenvalue weighted by Gasteiger charge is 2.08. The zero-order chi connectivity index (χ0) is 15.9. The van der Waals surface area contributed by atoms with Crippen LogP contribution in [-0.4, -0.2) is 28.5 Å². The van der Waals surface area contributed by atoms with Crippen LogP contribution >= 0.6 is 11.8 Å². The predicted molar refractivity (Wildman–Crippen MR) is 84.5 cm³/mol. The van der Waals surface area contributed by atoms with Gasteiger partial charge in [-0.15, -0.1) is 0 Å². The number of carbonyl (C=O) groups is 1. The van der Waals surface area contributed by atoms with E-state index in [2.05, 4.69) is 15.7 Å². The van der Waals surface area contributed by atoms with E-state index in [0.717, 1.165) is 16.0 Å². The number of hydrogen-bond acceptors (Lipinski definition) is 3. The number of thioether (sulfide) groups is 1. The number of benzene rings is 1. The molecule has 2 aromatic rings. The fourth-order valence-corrected chi connectivity index (χ4v) is 2.38. The standard InChI is InChI=1S/C14H16F2N4OS/c1-22-9-10-3-2-4-11(5-10)18-14(21)19-12-6-17-20(7-12)8-13(15)16/h2-7,13H,8-9H2,1H3,(H2,18,19,21). The Morgan fingerprint density at radius 2 is 2.14 bits per heavy atom. The van der Waals surface area contributed by atoms with E-state index in [1.165, 1.54) is 12.4 Å². The van der Waals surface area contributed by atoms with Crippen LogP contribution < -0.4 is 10.6 Å². The summed E-state index contributed by atoms with van der Waals surface area (Å²) >= 11 is 1.69. The molecule has 2 rings (SSSR count). The summed E-state index contributed by atoms with van der Waals surface area (Å²) in [7, 11) is 0. The molecule has 0 aliphatic carbocycles. The van der Waals surface area contributed by atoms with Crippen molar-refractivity contribution in [2.45, 2.75) is 18.7 Å². The summed E-state index contributed by atoms with van der Waals surface area (Å²) < 4.78 is 25.5. The predicted octanol–water partition coefficient (Wildman–Crippen LogP) is 3.66. The van der Waals surface area contributed by atoms with Crippen LogP contribution in [-0.2, 0) is 12.3 Å². The van der Waals surface area contributed by atoms with E-state index in [1.807, 2.05) is 24.5 Å². The van der Waals surface area contributed by atoms with Crippen molar-refractivity contribution in [3.8, 4) is 0 Å². The van der Waals surface area contributed by atoms with Gasteiger partial charge in [0.2, 0.25) is 0 Å². The van der Waals surface area contributed by atoms with Gasteiger partial charge in [0, 0.05) is 17.6 Å². The fourth-order valence-electron chi connectivity index (χ4n) is 1.87.